The summed E-state index contributed by atoms with van der Waals surface area (Å²) < 4.78 is 5.69. The number of aryl methyl sites for hydroxylation is 1. The second kappa shape index (κ2) is 6.00. The molecule has 1 saturated heterocycles. The molecule has 100 valence electrons. The number of hydrogen-bond acceptors (Lipinski definition) is 5. The van der Waals surface area contributed by atoms with Gasteiger partial charge in [-0.25, -0.2) is 9.97 Å². The minimum absolute atomic E-state index is 0.393. The highest BCUT2D eigenvalue weighted by Gasteiger charge is 2.26. The summed E-state index contributed by atoms with van der Waals surface area (Å²) in [6, 6.07) is 1.93. The Labute approximate surface area is 108 Å². The van der Waals surface area contributed by atoms with Crippen LogP contribution in [0.4, 0.5) is 11.6 Å². The van der Waals surface area contributed by atoms with Crippen molar-refractivity contribution >= 4 is 11.6 Å². The third-order valence-electron chi connectivity index (χ3n) is 3.39. The van der Waals surface area contributed by atoms with Gasteiger partial charge in [-0.2, -0.15) is 0 Å². The van der Waals surface area contributed by atoms with Crippen molar-refractivity contribution in [2.75, 3.05) is 30.8 Å². The molecule has 1 aliphatic rings. The molecule has 1 fully saturated rings. The quantitative estimate of drug-likeness (QED) is 0.837. The fourth-order valence-corrected chi connectivity index (χ4v) is 2.40. The Kier molecular flexibility index (Phi) is 4.36. The molecule has 5 nitrogen and oxygen atoms in total. The molecular formula is C13H22N4O. The lowest BCUT2D eigenvalue weighted by molar-refractivity contribution is 0.0900. The summed E-state index contributed by atoms with van der Waals surface area (Å²) in [5.41, 5.74) is 0. The lowest BCUT2D eigenvalue weighted by atomic mass is 10.00. The maximum atomic E-state index is 5.69. The molecule has 0 amide bonds. The molecule has 2 atom stereocenters. The van der Waals surface area contributed by atoms with Gasteiger partial charge < -0.3 is 15.4 Å². The van der Waals surface area contributed by atoms with Crippen LogP contribution >= 0.6 is 0 Å². The first-order chi connectivity index (χ1) is 8.72. The van der Waals surface area contributed by atoms with Gasteiger partial charge in [-0.3, -0.25) is 0 Å². The second-order valence-electron chi connectivity index (χ2n) is 4.68. The first-order valence-corrected chi connectivity index (χ1v) is 6.61. The van der Waals surface area contributed by atoms with E-state index in [-0.39, 0.29) is 0 Å². The lowest BCUT2D eigenvalue weighted by Gasteiger charge is -2.17. The van der Waals surface area contributed by atoms with Gasteiger partial charge in [0.2, 0.25) is 0 Å². The Balaban J connectivity index is 1.95. The van der Waals surface area contributed by atoms with Gasteiger partial charge in [-0.1, -0.05) is 6.92 Å². The highest BCUT2D eigenvalue weighted by molar-refractivity contribution is 5.47. The van der Waals surface area contributed by atoms with Crippen molar-refractivity contribution in [2.24, 2.45) is 5.92 Å². The van der Waals surface area contributed by atoms with Crippen molar-refractivity contribution in [2.45, 2.75) is 32.8 Å². The van der Waals surface area contributed by atoms with Gasteiger partial charge in [0.1, 0.15) is 17.5 Å². The van der Waals surface area contributed by atoms with E-state index in [1.807, 2.05) is 20.0 Å². The van der Waals surface area contributed by atoms with Crippen molar-refractivity contribution in [1.82, 2.24) is 9.97 Å². The van der Waals surface area contributed by atoms with E-state index in [0.717, 1.165) is 43.5 Å². The van der Waals surface area contributed by atoms with Crippen LogP contribution in [0.25, 0.3) is 0 Å². The van der Waals surface area contributed by atoms with E-state index in [1.54, 1.807) is 0 Å². The SMILES string of the molecule is CCC1OCCC1CNc1cc(NC)nc(C)n1. The van der Waals surface area contributed by atoms with E-state index < -0.39 is 0 Å². The molecule has 18 heavy (non-hydrogen) atoms. The summed E-state index contributed by atoms with van der Waals surface area (Å²) in [4.78, 5) is 8.67. The molecule has 2 unspecified atom stereocenters. The molecule has 1 aromatic heterocycles. The zero-order chi connectivity index (χ0) is 13.0. The molecule has 1 aromatic rings. The van der Waals surface area contributed by atoms with Crippen molar-refractivity contribution in [1.29, 1.82) is 0 Å². The van der Waals surface area contributed by atoms with Crippen LogP contribution in [-0.4, -0.2) is 36.3 Å². The van der Waals surface area contributed by atoms with E-state index in [1.165, 1.54) is 0 Å². The highest BCUT2D eigenvalue weighted by atomic mass is 16.5. The summed E-state index contributed by atoms with van der Waals surface area (Å²) in [5.74, 6) is 3.09. The fraction of sp³-hybridized carbons (Fsp3) is 0.692. The lowest BCUT2D eigenvalue weighted by Crippen LogP contribution is -2.23. The van der Waals surface area contributed by atoms with Gasteiger partial charge in [0.25, 0.3) is 0 Å². The number of nitrogens with zero attached hydrogens (tertiary/aromatic N) is 2. The summed E-state index contributed by atoms with van der Waals surface area (Å²) in [6.45, 7) is 5.88. The average Bonchev–Trinajstić information content (AvgIpc) is 2.83. The monoisotopic (exact) mass is 250 g/mol. The molecule has 0 saturated carbocycles. The van der Waals surface area contributed by atoms with Crippen molar-refractivity contribution in [3.8, 4) is 0 Å². The molecular weight excluding hydrogens is 228 g/mol. The first-order valence-electron chi connectivity index (χ1n) is 6.61. The van der Waals surface area contributed by atoms with E-state index >= 15 is 0 Å². The van der Waals surface area contributed by atoms with Crippen LogP contribution in [0.1, 0.15) is 25.6 Å². The Hall–Kier alpha value is -1.36. The molecule has 5 heteroatoms. The van der Waals surface area contributed by atoms with Crippen LogP contribution in [0.15, 0.2) is 6.07 Å². The van der Waals surface area contributed by atoms with Gasteiger partial charge in [0.15, 0.2) is 0 Å². The van der Waals surface area contributed by atoms with Crippen LogP contribution in [0, 0.1) is 12.8 Å². The van der Waals surface area contributed by atoms with Crippen LogP contribution in [0.5, 0.6) is 0 Å². The highest BCUT2D eigenvalue weighted by Crippen LogP contribution is 2.23. The Morgan fingerprint density at radius 3 is 2.89 bits per heavy atom. The van der Waals surface area contributed by atoms with Gasteiger partial charge in [-0.15, -0.1) is 0 Å². The summed E-state index contributed by atoms with van der Waals surface area (Å²) in [5, 5.41) is 6.44. The van der Waals surface area contributed by atoms with Crippen LogP contribution in [0.2, 0.25) is 0 Å². The number of hydrogen-bond donors (Lipinski definition) is 2. The number of nitrogens with one attached hydrogen (secondary N) is 2. The zero-order valence-corrected chi connectivity index (χ0v) is 11.4. The predicted molar refractivity (Wildman–Crippen MR) is 72.9 cm³/mol. The number of aromatic nitrogens is 2. The van der Waals surface area contributed by atoms with Crippen molar-refractivity contribution in [3.63, 3.8) is 0 Å². The molecule has 0 aliphatic carbocycles. The van der Waals surface area contributed by atoms with Crippen LogP contribution in [0.3, 0.4) is 0 Å². The maximum Gasteiger partial charge on any atom is 0.131 e. The third-order valence-corrected chi connectivity index (χ3v) is 3.39. The smallest absolute Gasteiger partial charge is 0.131 e. The van der Waals surface area contributed by atoms with Crippen molar-refractivity contribution < 1.29 is 4.74 Å². The molecule has 1 aliphatic heterocycles. The van der Waals surface area contributed by atoms with Gasteiger partial charge >= 0.3 is 0 Å². The number of anilines is 2. The molecule has 2 N–H and O–H groups in total. The maximum absolute atomic E-state index is 5.69. The molecule has 0 aromatic carbocycles. The fourth-order valence-electron chi connectivity index (χ4n) is 2.40. The average molecular weight is 250 g/mol. The number of ether oxygens (including phenoxy) is 1. The normalized spacial score (nSPS) is 23.1. The molecule has 2 rings (SSSR count). The minimum atomic E-state index is 0.393. The summed E-state index contributed by atoms with van der Waals surface area (Å²) in [7, 11) is 1.86. The first kappa shape index (κ1) is 13.1. The largest absolute Gasteiger partial charge is 0.378 e. The second-order valence-corrected chi connectivity index (χ2v) is 4.68. The van der Waals surface area contributed by atoms with E-state index in [0.29, 0.717) is 12.0 Å². The van der Waals surface area contributed by atoms with Gasteiger partial charge in [0, 0.05) is 32.2 Å². The van der Waals surface area contributed by atoms with Crippen molar-refractivity contribution in [3.05, 3.63) is 11.9 Å². The van der Waals surface area contributed by atoms with Gasteiger partial charge in [0.05, 0.1) is 6.10 Å². The van der Waals surface area contributed by atoms with Crippen LogP contribution in [-0.2, 0) is 4.74 Å². The Bertz CT molecular complexity index is 397. The summed E-state index contributed by atoms with van der Waals surface area (Å²) >= 11 is 0. The predicted octanol–water partition coefficient (Wildman–Crippen LogP) is 2.05. The van der Waals surface area contributed by atoms with Gasteiger partial charge in [-0.05, 0) is 19.8 Å². The Morgan fingerprint density at radius 2 is 2.17 bits per heavy atom. The topological polar surface area (TPSA) is 59.1 Å². The molecule has 2 heterocycles. The van der Waals surface area contributed by atoms with E-state index in [9.17, 15) is 0 Å². The van der Waals surface area contributed by atoms with E-state index in [4.69, 9.17) is 4.74 Å². The minimum Gasteiger partial charge on any atom is -0.378 e. The number of rotatable bonds is 5. The van der Waals surface area contributed by atoms with E-state index in [2.05, 4.69) is 27.5 Å². The molecule has 0 bridgehead atoms. The van der Waals surface area contributed by atoms with Crippen LogP contribution < -0.4 is 10.6 Å². The standard InChI is InChI=1S/C13H22N4O/c1-4-11-10(5-6-18-11)8-15-13-7-12(14-3)16-9(2)17-13/h7,10-11H,4-6,8H2,1-3H3,(H2,14,15,16,17). The third kappa shape index (κ3) is 3.10. The Morgan fingerprint density at radius 1 is 1.39 bits per heavy atom. The zero-order valence-electron chi connectivity index (χ0n) is 11.4. The molecule has 0 radical (unpaired) electrons. The molecule has 0 spiro atoms. The summed E-state index contributed by atoms with van der Waals surface area (Å²) in [6.07, 6.45) is 2.61.